The highest BCUT2D eigenvalue weighted by atomic mass is 32.1. The molecule has 0 bridgehead atoms. The molecule has 0 spiro atoms. The van der Waals surface area contributed by atoms with Crippen LogP contribution in [0.25, 0.3) is 0 Å². The molecule has 106 valence electrons. The Bertz CT molecular complexity index is 570. The third-order valence-corrected chi connectivity index (χ3v) is 4.95. The predicted molar refractivity (Wildman–Crippen MR) is 85.5 cm³/mol. The summed E-state index contributed by atoms with van der Waals surface area (Å²) >= 11 is 1.74. The number of nitrogens with one attached hydrogen (secondary N) is 1. The van der Waals surface area contributed by atoms with Gasteiger partial charge >= 0.3 is 0 Å². The molecule has 3 heteroatoms. The number of aromatic nitrogens is 1. The first-order valence-corrected chi connectivity index (χ1v) is 8.29. The van der Waals surface area contributed by atoms with Crippen molar-refractivity contribution in [3.8, 4) is 0 Å². The smallest absolute Gasteiger partial charge is 0.0897 e. The highest BCUT2D eigenvalue weighted by molar-refractivity contribution is 7.09. The van der Waals surface area contributed by atoms with Crippen molar-refractivity contribution in [2.75, 3.05) is 6.54 Å². The lowest BCUT2D eigenvalue weighted by atomic mass is 9.75. The van der Waals surface area contributed by atoms with Crippen molar-refractivity contribution in [1.82, 2.24) is 10.3 Å². The Hall–Kier alpha value is -1.19. The van der Waals surface area contributed by atoms with Crippen LogP contribution in [0, 0.1) is 13.8 Å². The summed E-state index contributed by atoms with van der Waals surface area (Å²) in [4.78, 5) is 4.50. The molecule has 0 unspecified atom stereocenters. The molecular formula is C17H22N2S. The molecule has 0 amide bonds. The van der Waals surface area contributed by atoms with Crippen molar-refractivity contribution in [2.45, 2.75) is 45.1 Å². The Kier molecular flexibility index (Phi) is 4.18. The van der Waals surface area contributed by atoms with Crippen LogP contribution < -0.4 is 5.32 Å². The van der Waals surface area contributed by atoms with E-state index in [4.69, 9.17) is 0 Å². The molecule has 1 aromatic carbocycles. The fourth-order valence-corrected chi connectivity index (χ4v) is 3.56. The second-order valence-electron chi connectivity index (χ2n) is 5.84. The Morgan fingerprint density at radius 2 is 2.15 bits per heavy atom. The molecule has 1 N–H and O–H groups in total. The molecule has 2 nitrogen and oxygen atoms in total. The number of hydrogen-bond donors (Lipinski definition) is 1. The molecule has 0 radical (unpaired) electrons. The zero-order chi connectivity index (χ0) is 13.9. The highest BCUT2D eigenvalue weighted by Gasteiger charge is 2.29. The lowest BCUT2D eigenvalue weighted by molar-refractivity contribution is 0.292. The maximum Gasteiger partial charge on any atom is 0.0897 e. The molecule has 3 rings (SSSR count). The fraction of sp³-hybridized carbons (Fsp3) is 0.471. The van der Waals surface area contributed by atoms with Gasteiger partial charge in [0.05, 0.1) is 10.7 Å². The van der Waals surface area contributed by atoms with E-state index in [1.165, 1.54) is 34.7 Å². The summed E-state index contributed by atoms with van der Waals surface area (Å²) in [7, 11) is 0. The summed E-state index contributed by atoms with van der Waals surface area (Å²) in [5.74, 6) is 0.758. The first kappa shape index (κ1) is 13.8. The van der Waals surface area contributed by atoms with Crippen molar-refractivity contribution >= 4 is 11.3 Å². The Morgan fingerprint density at radius 3 is 2.85 bits per heavy atom. The Morgan fingerprint density at radius 1 is 1.30 bits per heavy atom. The maximum atomic E-state index is 4.50. The number of benzene rings is 1. The molecule has 0 aliphatic heterocycles. The minimum absolute atomic E-state index is 0.695. The lowest BCUT2D eigenvalue weighted by Crippen LogP contribution is -2.41. The van der Waals surface area contributed by atoms with E-state index in [2.05, 4.69) is 53.8 Å². The van der Waals surface area contributed by atoms with Crippen LogP contribution in [0.5, 0.6) is 0 Å². The molecule has 1 heterocycles. The molecule has 1 aliphatic rings. The molecule has 0 atom stereocenters. The van der Waals surface area contributed by atoms with Gasteiger partial charge in [0.25, 0.3) is 0 Å². The third-order valence-electron chi connectivity index (χ3n) is 4.13. The van der Waals surface area contributed by atoms with Gasteiger partial charge in [0, 0.05) is 24.4 Å². The van der Waals surface area contributed by atoms with Crippen LogP contribution in [0.2, 0.25) is 0 Å². The van der Waals surface area contributed by atoms with Crippen LogP contribution in [0.1, 0.15) is 40.6 Å². The summed E-state index contributed by atoms with van der Waals surface area (Å²) in [6.07, 6.45) is 3.61. The van der Waals surface area contributed by atoms with E-state index in [1.54, 1.807) is 11.3 Å². The Labute approximate surface area is 125 Å². The number of aryl methyl sites for hydroxylation is 2. The molecular weight excluding hydrogens is 264 g/mol. The van der Waals surface area contributed by atoms with Crippen LogP contribution >= 0.6 is 11.3 Å². The van der Waals surface area contributed by atoms with Crippen molar-refractivity contribution in [3.63, 3.8) is 0 Å². The van der Waals surface area contributed by atoms with Crippen LogP contribution in [0.4, 0.5) is 0 Å². The van der Waals surface area contributed by atoms with E-state index >= 15 is 0 Å². The number of hydrogen-bond acceptors (Lipinski definition) is 3. The van der Waals surface area contributed by atoms with Gasteiger partial charge in [0.1, 0.15) is 0 Å². The maximum absolute atomic E-state index is 4.50. The first-order chi connectivity index (χ1) is 9.70. The van der Waals surface area contributed by atoms with Gasteiger partial charge in [-0.25, -0.2) is 4.98 Å². The number of nitrogens with zero attached hydrogens (tertiary/aromatic N) is 1. The first-order valence-electron chi connectivity index (χ1n) is 7.41. The van der Waals surface area contributed by atoms with Gasteiger partial charge in [-0.3, -0.25) is 0 Å². The number of rotatable bonds is 5. The highest BCUT2D eigenvalue weighted by Crippen LogP contribution is 2.36. The van der Waals surface area contributed by atoms with Gasteiger partial charge in [-0.2, -0.15) is 0 Å². The standard InChI is InChI=1S/C17H22N2S/c1-12-4-3-5-14(8-12)15-9-17(10-15)18-7-6-16-11-20-13(2)19-16/h3-5,8,11,15,17-18H,6-7,9-10H2,1-2H3. The zero-order valence-corrected chi connectivity index (χ0v) is 13.0. The van der Waals surface area contributed by atoms with E-state index in [9.17, 15) is 0 Å². The zero-order valence-electron chi connectivity index (χ0n) is 12.2. The normalized spacial score (nSPS) is 21.7. The van der Waals surface area contributed by atoms with Gasteiger partial charge in [-0.15, -0.1) is 11.3 Å². The molecule has 0 saturated heterocycles. The van der Waals surface area contributed by atoms with Gasteiger partial charge in [0.15, 0.2) is 0 Å². The summed E-state index contributed by atoms with van der Waals surface area (Å²) < 4.78 is 0. The van der Waals surface area contributed by atoms with Gasteiger partial charge in [-0.1, -0.05) is 29.8 Å². The third kappa shape index (κ3) is 3.28. The second-order valence-corrected chi connectivity index (χ2v) is 6.90. The average Bonchev–Trinajstić information content (AvgIpc) is 2.78. The molecule has 2 aromatic rings. The summed E-state index contributed by atoms with van der Waals surface area (Å²) in [6.45, 7) is 5.29. The minimum Gasteiger partial charge on any atom is -0.314 e. The van der Waals surface area contributed by atoms with Gasteiger partial charge in [0.2, 0.25) is 0 Å². The van der Waals surface area contributed by atoms with E-state index in [0.717, 1.165) is 18.9 Å². The summed E-state index contributed by atoms with van der Waals surface area (Å²) in [5, 5.41) is 7.00. The lowest BCUT2D eigenvalue weighted by Gasteiger charge is -2.36. The van der Waals surface area contributed by atoms with E-state index in [-0.39, 0.29) is 0 Å². The topological polar surface area (TPSA) is 24.9 Å². The minimum atomic E-state index is 0.695. The summed E-state index contributed by atoms with van der Waals surface area (Å²) in [6, 6.07) is 9.65. The van der Waals surface area contributed by atoms with Crippen LogP contribution in [0.3, 0.4) is 0 Å². The van der Waals surface area contributed by atoms with Crippen molar-refractivity contribution in [2.24, 2.45) is 0 Å². The van der Waals surface area contributed by atoms with Gasteiger partial charge in [-0.05, 0) is 38.2 Å². The van der Waals surface area contributed by atoms with Crippen LogP contribution in [-0.2, 0) is 6.42 Å². The van der Waals surface area contributed by atoms with Crippen molar-refractivity contribution in [1.29, 1.82) is 0 Å². The quantitative estimate of drug-likeness (QED) is 0.903. The molecule has 1 aliphatic carbocycles. The second kappa shape index (κ2) is 6.06. The SMILES string of the molecule is Cc1cccc(C2CC(NCCc3csc(C)n3)C2)c1. The average molecular weight is 286 g/mol. The molecule has 1 saturated carbocycles. The fourth-order valence-electron chi connectivity index (χ4n) is 2.91. The van der Waals surface area contributed by atoms with E-state index < -0.39 is 0 Å². The monoisotopic (exact) mass is 286 g/mol. The number of thiazole rings is 1. The Balaban J connectivity index is 1.40. The predicted octanol–water partition coefficient (Wildman–Crippen LogP) is 3.84. The van der Waals surface area contributed by atoms with Crippen LogP contribution in [0.15, 0.2) is 29.6 Å². The van der Waals surface area contributed by atoms with Gasteiger partial charge < -0.3 is 5.32 Å². The van der Waals surface area contributed by atoms with Crippen LogP contribution in [-0.4, -0.2) is 17.6 Å². The van der Waals surface area contributed by atoms with E-state index in [1.807, 2.05) is 0 Å². The largest absolute Gasteiger partial charge is 0.314 e. The van der Waals surface area contributed by atoms with Crippen molar-refractivity contribution < 1.29 is 0 Å². The molecule has 20 heavy (non-hydrogen) atoms. The molecule has 1 aromatic heterocycles. The van der Waals surface area contributed by atoms with Crippen molar-refractivity contribution in [3.05, 3.63) is 51.5 Å². The van der Waals surface area contributed by atoms with E-state index in [0.29, 0.717) is 6.04 Å². The molecule has 1 fully saturated rings. The summed E-state index contributed by atoms with van der Waals surface area (Å²) in [5.41, 5.74) is 4.12.